The van der Waals surface area contributed by atoms with Crippen molar-refractivity contribution in [2.75, 3.05) is 11.5 Å². The minimum Gasteiger partial charge on any atom is -0.506 e. The molecule has 194 valence electrons. The summed E-state index contributed by atoms with van der Waals surface area (Å²) in [7, 11) is 0. The third-order valence-electron chi connectivity index (χ3n) is 6.66. The van der Waals surface area contributed by atoms with E-state index < -0.39 is 0 Å². The SMILES string of the molecule is Nc1cccc2ccc(O)c(N=Nc3ccc(-c4ccc(N=Nc5c(O)ccc6cccc(N)c56)cc4)cc3)c12. The Kier molecular flexibility index (Phi) is 6.26. The molecule has 6 aromatic rings. The highest BCUT2D eigenvalue weighted by atomic mass is 16.3. The minimum atomic E-state index is 0.0159. The van der Waals surface area contributed by atoms with Gasteiger partial charge in [-0.3, -0.25) is 0 Å². The first-order chi connectivity index (χ1) is 19.5. The first-order valence-electron chi connectivity index (χ1n) is 12.5. The summed E-state index contributed by atoms with van der Waals surface area (Å²) < 4.78 is 0. The fourth-order valence-electron chi connectivity index (χ4n) is 4.61. The van der Waals surface area contributed by atoms with E-state index in [0.717, 1.165) is 21.9 Å². The molecule has 0 amide bonds. The van der Waals surface area contributed by atoms with Crippen LogP contribution < -0.4 is 11.5 Å². The lowest BCUT2D eigenvalue weighted by Gasteiger charge is -2.07. The molecule has 0 saturated heterocycles. The second-order valence-electron chi connectivity index (χ2n) is 9.25. The van der Waals surface area contributed by atoms with E-state index in [-0.39, 0.29) is 11.5 Å². The number of aromatic hydroxyl groups is 2. The molecule has 0 heterocycles. The largest absolute Gasteiger partial charge is 0.506 e. The van der Waals surface area contributed by atoms with Crippen LogP contribution in [0.1, 0.15) is 0 Å². The Balaban J connectivity index is 1.21. The molecular weight excluding hydrogens is 500 g/mol. The van der Waals surface area contributed by atoms with E-state index >= 15 is 0 Å². The van der Waals surface area contributed by atoms with Crippen LogP contribution in [0.15, 0.2) is 130 Å². The number of rotatable bonds is 5. The summed E-state index contributed by atoms with van der Waals surface area (Å²) in [6, 6.07) is 33.0. The standard InChI is InChI=1S/C32H24N6O2/c33-25-5-1-3-21-11-17-27(39)31(29(21)25)37-35-23-13-7-19(8-14-23)20-9-15-24(16-10-20)36-38-32-28(40)18-12-22-4-2-6-26(34)30(22)32/h1-18,39-40H,33-34H2. The summed E-state index contributed by atoms with van der Waals surface area (Å²) in [6.45, 7) is 0. The number of nitrogen functional groups attached to an aromatic ring is 2. The summed E-state index contributed by atoms with van der Waals surface area (Å²) in [4.78, 5) is 0. The maximum atomic E-state index is 10.4. The van der Waals surface area contributed by atoms with Crippen molar-refractivity contribution in [2.24, 2.45) is 20.5 Å². The quantitative estimate of drug-likeness (QED) is 0.132. The van der Waals surface area contributed by atoms with Gasteiger partial charge in [-0.1, -0.05) is 60.7 Å². The molecule has 0 fully saturated rings. The molecule has 0 spiro atoms. The fraction of sp³-hybridized carbons (Fsp3) is 0. The van der Waals surface area contributed by atoms with Gasteiger partial charge in [0.1, 0.15) is 22.9 Å². The van der Waals surface area contributed by atoms with Crippen LogP contribution in [0.5, 0.6) is 11.5 Å². The molecule has 8 heteroatoms. The number of anilines is 2. The molecule has 0 bridgehead atoms. The molecular formula is C32H24N6O2. The average molecular weight is 525 g/mol. The van der Waals surface area contributed by atoms with Crippen LogP contribution in [0.2, 0.25) is 0 Å². The lowest BCUT2D eigenvalue weighted by atomic mass is 10.1. The zero-order chi connectivity index (χ0) is 27.6. The molecule has 0 aliphatic rings. The van der Waals surface area contributed by atoms with Crippen LogP contribution >= 0.6 is 0 Å². The zero-order valence-corrected chi connectivity index (χ0v) is 21.2. The highest BCUT2D eigenvalue weighted by Gasteiger charge is 2.11. The van der Waals surface area contributed by atoms with Crippen LogP contribution in [-0.2, 0) is 0 Å². The molecule has 0 unspecified atom stereocenters. The van der Waals surface area contributed by atoms with Crippen molar-refractivity contribution in [1.29, 1.82) is 0 Å². The Labute approximate surface area is 229 Å². The second kappa shape index (κ2) is 10.2. The van der Waals surface area contributed by atoms with Crippen molar-refractivity contribution in [1.82, 2.24) is 0 Å². The van der Waals surface area contributed by atoms with Gasteiger partial charge < -0.3 is 21.7 Å². The van der Waals surface area contributed by atoms with E-state index in [9.17, 15) is 10.2 Å². The smallest absolute Gasteiger partial charge is 0.143 e. The first kappa shape index (κ1) is 24.6. The van der Waals surface area contributed by atoms with E-state index in [4.69, 9.17) is 11.5 Å². The molecule has 6 aromatic carbocycles. The summed E-state index contributed by atoms with van der Waals surface area (Å²) in [5.41, 5.74) is 17.2. The Morgan fingerprint density at radius 2 is 0.825 bits per heavy atom. The predicted molar refractivity (Wildman–Crippen MR) is 160 cm³/mol. The minimum absolute atomic E-state index is 0.0159. The van der Waals surface area contributed by atoms with Crippen molar-refractivity contribution >= 4 is 55.7 Å². The summed E-state index contributed by atoms with van der Waals surface area (Å²) in [5, 5.41) is 41.0. The van der Waals surface area contributed by atoms with E-state index in [1.165, 1.54) is 0 Å². The molecule has 6 rings (SSSR count). The molecule has 0 aliphatic heterocycles. The number of fused-ring (bicyclic) bond motifs is 2. The van der Waals surface area contributed by atoms with Crippen molar-refractivity contribution in [3.63, 3.8) is 0 Å². The highest BCUT2D eigenvalue weighted by Crippen LogP contribution is 2.40. The van der Waals surface area contributed by atoms with Gasteiger partial charge in [0.05, 0.1) is 11.4 Å². The third kappa shape index (κ3) is 4.65. The molecule has 0 atom stereocenters. The van der Waals surface area contributed by atoms with E-state index in [1.54, 1.807) is 36.4 Å². The van der Waals surface area contributed by atoms with E-state index in [1.807, 2.05) is 72.8 Å². The number of nitrogens with zero attached hydrogens (tertiary/aromatic N) is 4. The van der Waals surface area contributed by atoms with Gasteiger partial charge in [-0.15, -0.1) is 10.2 Å². The van der Waals surface area contributed by atoms with Gasteiger partial charge in [-0.25, -0.2) is 0 Å². The van der Waals surface area contributed by atoms with Gasteiger partial charge in [0, 0.05) is 22.1 Å². The Morgan fingerprint density at radius 1 is 0.425 bits per heavy atom. The average Bonchev–Trinajstić information content (AvgIpc) is 2.97. The van der Waals surface area contributed by atoms with Crippen LogP contribution in [0, 0.1) is 0 Å². The maximum Gasteiger partial charge on any atom is 0.143 e. The second-order valence-corrected chi connectivity index (χ2v) is 9.25. The van der Waals surface area contributed by atoms with E-state index in [2.05, 4.69) is 20.5 Å². The van der Waals surface area contributed by atoms with Gasteiger partial charge in [0.2, 0.25) is 0 Å². The lowest BCUT2D eigenvalue weighted by Crippen LogP contribution is -1.86. The van der Waals surface area contributed by atoms with Crippen molar-refractivity contribution < 1.29 is 10.2 Å². The first-order valence-corrected chi connectivity index (χ1v) is 12.5. The monoisotopic (exact) mass is 524 g/mol. The number of azo groups is 2. The van der Waals surface area contributed by atoms with Crippen molar-refractivity contribution in [2.45, 2.75) is 0 Å². The number of hydrogen-bond acceptors (Lipinski definition) is 8. The van der Waals surface area contributed by atoms with Gasteiger partial charge in [-0.2, -0.15) is 10.2 Å². The van der Waals surface area contributed by atoms with Crippen molar-refractivity contribution in [3.05, 3.63) is 109 Å². The van der Waals surface area contributed by atoms with Gasteiger partial charge >= 0.3 is 0 Å². The van der Waals surface area contributed by atoms with E-state index in [0.29, 0.717) is 44.9 Å². The van der Waals surface area contributed by atoms with Crippen LogP contribution in [0.25, 0.3) is 32.7 Å². The Morgan fingerprint density at radius 3 is 1.23 bits per heavy atom. The van der Waals surface area contributed by atoms with Gasteiger partial charge in [0.25, 0.3) is 0 Å². The number of nitrogens with two attached hydrogens (primary N) is 2. The predicted octanol–water partition coefficient (Wildman–Crippen LogP) is 9.07. The molecule has 0 aliphatic carbocycles. The van der Waals surface area contributed by atoms with Crippen LogP contribution in [0.3, 0.4) is 0 Å². The highest BCUT2D eigenvalue weighted by molar-refractivity contribution is 6.04. The molecule has 0 aromatic heterocycles. The van der Waals surface area contributed by atoms with Crippen molar-refractivity contribution in [3.8, 4) is 22.6 Å². The van der Waals surface area contributed by atoms with Gasteiger partial charge in [0.15, 0.2) is 0 Å². The molecule has 8 nitrogen and oxygen atoms in total. The molecule has 0 radical (unpaired) electrons. The molecule has 40 heavy (non-hydrogen) atoms. The topological polar surface area (TPSA) is 142 Å². The third-order valence-corrected chi connectivity index (χ3v) is 6.66. The number of benzene rings is 6. The molecule has 6 N–H and O–H groups in total. The summed E-state index contributed by atoms with van der Waals surface area (Å²) in [5.74, 6) is 0.0317. The Hall–Kier alpha value is -5.76. The van der Waals surface area contributed by atoms with Crippen LogP contribution in [0.4, 0.5) is 34.1 Å². The lowest BCUT2D eigenvalue weighted by molar-refractivity contribution is 0.476. The normalized spacial score (nSPS) is 11.7. The Bertz CT molecular complexity index is 1790. The number of hydrogen-bond donors (Lipinski definition) is 4. The van der Waals surface area contributed by atoms with Crippen LogP contribution in [-0.4, -0.2) is 10.2 Å². The molecule has 0 saturated carbocycles. The number of phenols is 2. The zero-order valence-electron chi connectivity index (χ0n) is 21.2. The summed E-state index contributed by atoms with van der Waals surface area (Å²) >= 11 is 0. The summed E-state index contributed by atoms with van der Waals surface area (Å²) in [6.07, 6.45) is 0. The fourth-order valence-corrected chi connectivity index (χ4v) is 4.61. The maximum absolute atomic E-state index is 10.4. The van der Waals surface area contributed by atoms with Gasteiger partial charge in [-0.05, 0) is 70.4 Å². The number of phenolic OH excluding ortho intramolecular Hbond substituents is 2.